The van der Waals surface area contributed by atoms with Gasteiger partial charge in [-0.1, -0.05) is 17.7 Å². The van der Waals surface area contributed by atoms with E-state index in [4.69, 9.17) is 22.1 Å². The molecule has 1 aromatic rings. The van der Waals surface area contributed by atoms with Gasteiger partial charge < -0.3 is 10.5 Å². The molecule has 2 atom stereocenters. The molecule has 17 heavy (non-hydrogen) atoms. The van der Waals surface area contributed by atoms with E-state index in [1.165, 1.54) is 6.07 Å². The summed E-state index contributed by atoms with van der Waals surface area (Å²) in [6.45, 7) is 0.834. The molecule has 2 N–H and O–H groups in total. The molecule has 2 nitrogen and oxygen atoms in total. The van der Waals surface area contributed by atoms with E-state index in [1.807, 2.05) is 0 Å². The smallest absolute Gasteiger partial charge is 0.129 e. The zero-order valence-corrected chi connectivity index (χ0v) is 10.4. The number of hydrogen-bond donors (Lipinski definition) is 1. The Balaban J connectivity index is 1.96. The quantitative estimate of drug-likeness (QED) is 0.897. The molecule has 0 radical (unpaired) electrons. The number of halogens is 2. The van der Waals surface area contributed by atoms with Crippen LogP contribution in [0.3, 0.4) is 0 Å². The van der Waals surface area contributed by atoms with Gasteiger partial charge in [-0.15, -0.1) is 0 Å². The van der Waals surface area contributed by atoms with Crippen molar-refractivity contribution in [3.8, 4) is 0 Å². The molecule has 2 rings (SSSR count). The van der Waals surface area contributed by atoms with Crippen LogP contribution in [-0.2, 0) is 4.74 Å². The minimum atomic E-state index is -0.354. The van der Waals surface area contributed by atoms with Gasteiger partial charge in [-0.2, -0.15) is 0 Å². The Kier molecular flexibility index (Phi) is 4.37. The Morgan fingerprint density at radius 1 is 1.53 bits per heavy atom. The summed E-state index contributed by atoms with van der Waals surface area (Å²) in [6, 6.07) is 4.31. The van der Waals surface area contributed by atoms with Crippen LogP contribution in [0.25, 0.3) is 0 Å². The first-order valence-corrected chi connectivity index (χ1v) is 6.37. The molecule has 0 bridgehead atoms. The van der Waals surface area contributed by atoms with Crippen molar-refractivity contribution in [2.24, 2.45) is 5.73 Å². The molecule has 1 heterocycles. The van der Waals surface area contributed by atoms with Crippen LogP contribution in [0.5, 0.6) is 0 Å². The summed E-state index contributed by atoms with van der Waals surface area (Å²) in [5, 5.41) is 0.407. The highest BCUT2D eigenvalue weighted by atomic mass is 35.5. The van der Waals surface area contributed by atoms with Crippen LogP contribution in [0, 0.1) is 5.82 Å². The molecular weight excluding hydrogens is 241 g/mol. The van der Waals surface area contributed by atoms with Crippen LogP contribution >= 0.6 is 11.6 Å². The lowest BCUT2D eigenvalue weighted by molar-refractivity contribution is 0.101. The molecule has 1 fully saturated rings. The van der Waals surface area contributed by atoms with E-state index in [0.29, 0.717) is 17.0 Å². The molecule has 0 spiro atoms. The maximum Gasteiger partial charge on any atom is 0.129 e. The Morgan fingerprint density at radius 2 is 2.35 bits per heavy atom. The van der Waals surface area contributed by atoms with Crippen molar-refractivity contribution < 1.29 is 9.13 Å². The highest BCUT2D eigenvalue weighted by Gasteiger charge is 2.19. The Bertz CT molecular complexity index is 359. The highest BCUT2D eigenvalue weighted by Crippen LogP contribution is 2.28. The predicted octanol–water partition coefficient (Wildman–Crippen LogP) is 3.44. The molecule has 1 aliphatic rings. The van der Waals surface area contributed by atoms with Crippen LogP contribution in [-0.4, -0.2) is 12.7 Å². The van der Waals surface area contributed by atoms with Gasteiger partial charge in [-0.3, -0.25) is 0 Å². The van der Waals surface area contributed by atoms with Gasteiger partial charge in [0.1, 0.15) is 5.82 Å². The minimum absolute atomic E-state index is 0.284. The second kappa shape index (κ2) is 5.80. The van der Waals surface area contributed by atoms with E-state index in [1.54, 1.807) is 12.1 Å². The summed E-state index contributed by atoms with van der Waals surface area (Å²) in [7, 11) is 0. The first-order valence-electron chi connectivity index (χ1n) is 5.99. The lowest BCUT2D eigenvalue weighted by Gasteiger charge is -2.16. The number of hydrogen-bond acceptors (Lipinski definition) is 2. The number of rotatable bonds is 4. The number of nitrogens with two attached hydrogens (primary N) is 1. The maximum atomic E-state index is 13.6. The Labute approximate surface area is 106 Å². The third kappa shape index (κ3) is 3.18. The lowest BCUT2D eigenvalue weighted by Crippen LogP contribution is -2.16. The lowest BCUT2D eigenvalue weighted by atomic mass is 9.99. The van der Waals surface area contributed by atoms with Gasteiger partial charge in [0, 0.05) is 23.2 Å². The van der Waals surface area contributed by atoms with Gasteiger partial charge in [0.05, 0.1) is 6.10 Å². The molecule has 2 unspecified atom stereocenters. The fourth-order valence-electron chi connectivity index (χ4n) is 2.25. The largest absolute Gasteiger partial charge is 0.378 e. The number of benzene rings is 1. The molecule has 1 aromatic carbocycles. The third-order valence-electron chi connectivity index (χ3n) is 3.19. The molecule has 1 saturated heterocycles. The molecule has 4 heteroatoms. The maximum absolute atomic E-state index is 13.6. The highest BCUT2D eigenvalue weighted by molar-refractivity contribution is 6.31. The van der Waals surface area contributed by atoms with E-state index in [0.717, 1.165) is 25.9 Å². The zero-order valence-electron chi connectivity index (χ0n) is 9.66. The van der Waals surface area contributed by atoms with Gasteiger partial charge in [-0.05, 0) is 37.8 Å². The van der Waals surface area contributed by atoms with E-state index in [-0.39, 0.29) is 18.0 Å². The SMILES string of the molecule is NC(CCC1CCCO1)c1c(F)cccc1Cl. The van der Waals surface area contributed by atoms with Crippen LogP contribution in [0.1, 0.15) is 37.3 Å². The van der Waals surface area contributed by atoms with Gasteiger partial charge in [-0.25, -0.2) is 4.39 Å². The van der Waals surface area contributed by atoms with E-state index in [2.05, 4.69) is 0 Å². The summed E-state index contributed by atoms with van der Waals surface area (Å²) in [5.41, 5.74) is 6.42. The van der Waals surface area contributed by atoms with Crippen molar-refractivity contribution in [3.05, 3.63) is 34.6 Å². The second-order valence-corrected chi connectivity index (χ2v) is 4.86. The fourth-order valence-corrected chi connectivity index (χ4v) is 2.55. The summed E-state index contributed by atoms with van der Waals surface area (Å²) in [4.78, 5) is 0. The first-order chi connectivity index (χ1) is 8.18. The molecule has 94 valence electrons. The Hall–Kier alpha value is -0.640. The third-order valence-corrected chi connectivity index (χ3v) is 3.52. The topological polar surface area (TPSA) is 35.2 Å². The monoisotopic (exact) mass is 257 g/mol. The summed E-state index contributed by atoms with van der Waals surface area (Å²) >= 11 is 5.97. The molecule has 0 aromatic heterocycles. The van der Waals surface area contributed by atoms with Gasteiger partial charge >= 0.3 is 0 Å². The van der Waals surface area contributed by atoms with Gasteiger partial charge in [0.25, 0.3) is 0 Å². The van der Waals surface area contributed by atoms with E-state index in [9.17, 15) is 4.39 Å². The van der Waals surface area contributed by atoms with Crippen molar-refractivity contribution in [1.29, 1.82) is 0 Å². The summed E-state index contributed by atoms with van der Waals surface area (Å²) in [5.74, 6) is -0.322. The Morgan fingerprint density at radius 3 is 3.00 bits per heavy atom. The zero-order chi connectivity index (χ0) is 12.3. The average molecular weight is 258 g/mol. The van der Waals surface area contributed by atoms with Crippen molar-refractivity contribution >= 4 is 11.6 Å². The summed E-state index contributed by atoms with van der Waals surface area (Å²) in [6.07, 6.45) is 4.04. The average Bonchev–Trinajstić information content (AvgIpc) is 2.79. The van der Waals surface area contributed by atoms with Gasteiger partial charge in [0.2, 0.25) is 0 Å². The van der Waals surface area contributed by atoms with Crippen LogP contribution < -0.4 is 5.73 Å². The van der Waals surface area contributed by atoms with E-state index >= 15 is 0 Å². The minimum Gasteiger partial charge on any atom is -0.378 e. The van der Waals surface area contributed by atoms with Crippen molar-refractivity contribution in [1.82, 2.24) is 0 Å². The number of ether oxygens (including phenoxy) is 1. The molecular formula is C13H17ClFNO. The van der Waals surface area contributed by atoms with Crippen molar-refractivity contribution in [2.75, 3.05) is 6.61 Å². The molecule has 1 aliphatic heterocycles. The first kappa shape index (κ1) is 12.8. The predicted molar refractivity (Wildman–Crippen MR) is 66.5 cm³/mol. The van der Waals surface area contributed by atoms with Gasteiger partial charge in [0.15, 0.2) is 0 Å². The second-order valence-electron chi connectivity index (χ2n) is 4.45. The molecule has 0 aliphatic carbocycles. The van der Waals surface area contributed by atoms with E-state index < -0.39 is 0 Å². The molecule has 0 amide bonds. The molecule has 0 saturated carbocycles. The standard InChI is InChI=1S/C13H17ClFNO/c14-10-4-1-5-11(15)13(10)12(16)7-6-9-3-2-8-17-9/h1,4-5,9,12H,2-3,6-8,16H2. The van der Waals surface area contributed by atoms with Crippen LogP contribution in [0.2, 0.25) is 5.02 Å². The van der Waals surface area contributed by atoms with Crippen molar-refractivity contribution in [3.63, 3.8) is 0 Å². The normalized spacial score (nSPS) is 21.7. The van der Waals surface area contributed by atoms with Crippen LogP contribution in [0.15, 0.2) is 18.2 Å². The summed E-state index contributed by atoms with van der Waals surface area (Å²) < 4.78 is 19.1. The van der Waals surface area contributed by atoms with Crippen LogP contribution in [0.4, 0.5) is 4.39 Å². The van der Waals surface area contributed by atoms with Crippen molar-refractivity contribution in [2.45, 2.75) is 37.8 Å². The fraction of sp³-hybridized carbons (Fsp3) is 0.538.